The number of carbonyl (C=O) groups excluding carboxylic acids is 1. The second-order valence-electron chi connectivity index (χ2n) is 9.37. The molecule has 32 heavy (non-hydrogen) atoms. The van der Waals surface area contributed by atoms with Crippen LogP contribution in [0.5, 0.6) is 5.75 Å². The molecule has 1 fully saturated rings. The van der Waals surface area contributed by atoms with Crippen molar-refractivity contribution in [3.05, 3.63) is 35.8 Å². The summed E-state index contributed by atoms with van der Waals surface area (Å²) in [4.78, 5) is 30.2. The van der Waals surface area contributed by atoms with E-state index in [1.165, 1.54) is 6.20 Å². The third-order valence-electron chi connectivity index (χ3n) is 6.04. The number of aromatic nitrogens is 1. The van der Waals surface area contributed by atoms with Crippen LogP contribution in [0.4, 0.5) is 9.18 Å². The summed E-state index contributed by atoms with van der Waals surface area (Å²) in [6, 6.07) is 5.31. The molecular weight excluding hydrogens is 415 g/mol. The maximum Gasteiger partial charge on any atom is 0.410 e. The van der Waals surface area contributed by atoms with Gasteiger partial charge in [-0.25, -0.2) is 9.18 Å². The fourth-order valence-corrected chi connectivity index (χ4v) is 4.20. The van der Waals surface area contributed by atoms with Gasteiger partial charge >= 0.3 is 12.1 Å². The number of carbonyl (C=O) groups is 2. The van der Waals surface area contributed by atoms with Gasteiger partial charge in [0.25, 0.3) is 0 Å². The Hall–Kier alpha value is -2.90. The fourth-order valence-electron chi connectivity index (χ4n) is 4.20. The minimum Gasteiger partial charge on any atom is -0.497 e. The number of fused-ring (bicyclic) bond motifs is 1. The second kappa shape index (κ2) is 9.30. The zero-order valence-corrected chi connectivity index (χ0v) is 19.1. The number of aliphatic carboxylic acids is 1. The predicted molar refractivity (Wildman–Crippen MR) is 118 cm³/mol. The normalized spacial score (nSPS) is 16.1. The highest BCUT2D eigenvalue weighted by molar-refractivity contribution is 5.83. The van der Waals surface area contributed by atoms with Crippen LogP contribution in [0.25, 0.3) is 10.9 Å². The van der Waals surface area contributed by atoms with Crippen molar-refractivity contribution in [2.75, 3.05) is 20.2 Å². The summed E-state index contributed by atoms with van der Waals surface area (Å²) in [5, 5.41) is 10.6. The number of pyridine rings is 1. The molecule has 1 saturated heterocycles. The van der Waals surface area contributed by atoms with Gasteiger partial charge in [0.15, 0.2) is 0 Å². The van der Waals surface area contributed by atoms with E-state index < -0.39 is 28.9 Å². The molecule has 0 bridgehead atoms. The van der Waals surface area contributed by atoms with Crippen molar-refractivity contribution in [3.8, 4) is 5.75 Å². The maximum absolute atomic E-state index is 14.6. The van der Waals surface area contributed by atoms with E-state index in [9.17, 15) is 19.1 Å². The summed E-state index contributed by atoms with van der Waals surface area (Å²) < 4.78 is 25.2. The van der Waals surface area contributed by atoms with E-state index in [-0.39, 0.29) is 0 Å². The van der Waals surface area contributed by atoms with Crippen LogP contribution in [0.3, 0.4) is 0 Å². The van der Waals surface area contributed by atoms with Crippen molar-refractivity contribution in [1.29, 1.82) is 0 Å². The molecule has 0 unspecified atom stereocenters. The van der Waals surface area contributed by atoms with Gasteiger partial charge in [0.1, 0.15) is 17.2 Å². The minimum absolute atomic E-state index is 0.324. The molecule has 1 amide bonds. The Balaban J connectivity index is 1.68. The number of likely N-dealkylation sites (tertiary alicyclic amines) is 1. The summed E-state index contributed by atoms with van der Waals surface area (Å²) in [6.45, 7) is 6.05. The minimum atomic E-state index is -0.935. The molecule has 3 rings (SSSR count). The quantitative estimate of drug-likeness (QED) is 0.685. The van der Waals surface area contributed by atoms with E-state index in [0.717, 1.165) is 0 Å². The highest BCUT2D eigenvalue weighted by atomic mass is 19.1. The Morgan fingerprint density at radius 2 is 1.94 bits per heavy atom. The van der Waals surface area contributed by atoms with Crippen LogP contribution in [0.15, 0.2) is 24.4 Å². The Bertz CT molecular complexity index is 994. The largest absolute Gasteiger partial charge is 0.497 e. The lowest BCUT2D eigenvalue weighted by Gasteiger charge is -2.39. The van der Waals surface area contributed by atoms with E-state index in [2.05, 4.69) is 4.98 Å². The molecule has 8 heteroatoms. The summed E-state index contributed by atoms with van der Waals surface area (Å²) >= 11 is 0. The molecule has 2 aromatic rings. The molecule has 2 heterocycles. The maximum atomic E-state index is 14.6. The monoisotopic (exact) mass is 446 g/mol. The number of piperidine rings is 1. The van der Waals surface area contributed by atoms with Gasteiger partial charge in [0.2, 0.25) is 0 Å². The number of benzene rings is 1. The second-order valence-corrected chi connectivity index (χ2v) is 9.37. The number of ether oxygens (including phenoxy) is 2. The van der Waals surface area contributed by atoms with Crippen molar-refractivity contribution in [2.45, 2.75) is 58.5 Å². The van der Waals surface area contributed by atoms with Crippen LogP contribution in [0.1, 0.15) is 52.0 Å². The zero-order chi connectivity index (χ0) is 23.5. The summed E-state index contributed by atoms with van der Waals surface area (Å²) in [6.07, 6.45) is 2.77. The number of nitrogens with zero attached hydrogens (tertiary/aromatic N) is 2. The molecule has 0 aliphatic carbocycles. The molecule has 0 spiro atoms. The number of carboxylic acid groups (broad SMARTS) is 1. The summed E-state index contributed by atoms with van der Waals surface area (Å²) in [5.74, 6) is -0.666. The number of halogens is 1. The topological polar surface area (TPSA) is 89.0 Å². The predicted octanol–water partition coefficient (Wildman–Crippen LogP) is 4.81. The third kappa shape index (κ3) is 5.29. The van der Waals surface area contributed by atoms with Gasteiger partial charge in [-0.15, -0.1) is 0 Å². The summed E-state index contributed by atoms with van der Waals surface area (Å²) in [5.41, 5.74) is -0.352. The SMILES string of the molecule is COc1ccc2ncc(F)c(CCCC3(C(=O)O)CCN(C(=O)OC(C)(C)C)CC3)c2c1. The van der Waals surface area contributed by atoms with Gasteiger partial charge in [0, 0.05) is 18.5 Å². The van der Waals surface area contributed by atoms with Gasteiger partial charge in [-0.05, 0) is 76.6 Å². The van der Waals surface area contributed by atoms with Gasteiger partial charge in [-0.1, -0.05) is 0 Å². The molecule has 0 radical (unpaired) electrons. The number of carboxylic acids is 1. The van der Waals surface area contributed by atoms with Crippen molar-refractivity contribution in [1.82, 2.24) is 9.88 Å². The fraction of sp³-hybridized carbons (Fsp3) is 0.542. The molecule has 1 aromatic carbocycles. The summed E-state index contributed by atoms with van der Waals surface area (Å²) in [7, 11) is 1.55. The zero-order valence-electron chi connectivity index (χ0n) is 19.1. The Morgan fingerprint density at radius 3 is 2.53 bits per heavy atom. The van der Waals surface area contributed by atoms with Crippen molar-refractivity contribution in [2.24, 2.45) is 5.41 Å². The third-order valence-corrected chi connectivity index (χ3v) is 6.04. The van der Waals surface area contributed by atoms with E-state index in [1.807, 2.05) is 0 Å². The average Bonchev–Trinajstić information content (AvgIpc) is 2.74. The number of methoxy groups -OCH3 is 1. The molecule has 1 aliphatic heterocycles. The first-order valence-corrected chi connectivity index (χ1v) is 10.9. The Kier molecular flexibility index (Phi) is 6.91. The van der Waals surface area contributed by atoms with Crippen molar-refractivity contribution in [3.63, 3.8) is 0 Å². The van der Waals surface area contributed by atoms with Gasteiger partial charge in [-0.2, -0.15) is 0 Å². The molecule has 7 nitrogen and oxygen atoms in total. The van der Waals surface area contributed by atoms with Crippen molar-refractivity contribution >= 4 is 23.0 Å². The average molecular weight is 447 g/mol. The van der Waals surface area contributed by atoms with E-state index >= 15 is 0 Å². The first-order chi connectivity index (χ1) is 15.0. The number of rotatable bonds is 6. The number of hydrogen-bond acceptors (Lipinski definition) is 5. The lowest BCUT2D eigenvalue weighted by atomic mass is 9.74. The lowest BCUT2D eigenvalue weighted by Crippen LogP contribution is -2.48. The molecule has 0 atom stereocenters. The Morgan fingerprint density at radius 1 is 1.25 bits per heavy atom. The highest BCUT2D eigenvalue weighted by Crippen LogP contribution is 2.38. The van der Waals surface area contributed by atoms with Crippen LogP contribution < -0.4 is 4.74 Å². The van der Waals surface area contributed by atoms with Crippen LogP contribution >= 0.6 is 0 Å². The van der Waals surface area contributed by atoms with Crippen LogP contribution in [0.2, 0.25) is 0 Å². The molecule has 1 aromatic heterocycles. The first-order valence-electron chi connectivity index (χ1n) is 10.9. The number of amides is 1. The van der Waals surface area contributed by atoms with Crippen LogP contribution in [-0.4, -0.2) is 52.9 Å². The van der Waals surface area contributed by atoms with Crippen LogP contribution in [-0.2, 0) is 16.0 Å². The molecule has 1 aliphatic rings. The Labute approximate surface area is 187 Å². The van der Waals surface area contributed by atoms with Gasteiger partial charge in [-0.3, -0.25) is 9.78 Å². The van der Waals surface area contributed by atoms with Crippen molar-refractivity contribution < 1.29 is 28.6 Å². The van der Waals surface area contributed by atoms with E-state index in [0.29, 0.717) is 67.4 Å². The first kappa shape index (κ1) is 23.8. The van der Waals surface area contributed by atoms with Crippen LogP contribution in [0, 0.1) is 11.2 Å². The van der Waals surface area contributed by atoms with Gasteiger partial charge < -0.3 is 19.5 Å². The smallest absolute Gasteiger partial charge is 0.410 e. The van der Waals surface area contributed by atoms with Gasteiger partial charge in [0.05, 0.1) is 24.2 Å². The molecule has 1 N–H and O–H groups in total. The highest BCUT2D eigenvalue weighted by Gasteiger charge is 2.42. The van der Waals surface area contributed by atoms with E-state index in [1.54, 1.807) is 51.0 Å². The molecular formula is C24H31FN2O5. The molecule has 0 saturated carbocycles. The number of hydrogen-bond donors (Lipinski definition) is 1. The lowest BCUT2D eigenvalue weighted by molar-refractivity contribution is -0.152. The number of aryl methyl sites for hydroxylation is 1. The standard InChI is InChI=1S/C24H31FN2O5/c1-23(2,3)32-22(30)27-12-10-24(11-13-27,21(28)29)9-5-6-17-18-14-16(31-4)7-8-20(18)26-15-19(17)25/h7-8,14-15H,5-6,9-13H2,1-4H3,(H,28,29). The molecule has 174 valence electrons. The van der Waals surface area contributed by atoms with E-state index in [4.69, 9.17) is 9.47 Å².